The lowest BCUT2D eigenvalue weighted by molar-refractivity contribution is 0.0641. The van der Waals surface area contributed by atoms with Crippen LogP contribution in [0.4, 0.5) is 0 Å². The molecule has 0 atom stereocenters. The molecular weight excluding hydrogens is 236 g/mol. The Morgan fingerprint density at radius 2 is 1.56 bits per heavy atom. The highest BCUT2D eigenvalue weighted by molar-refractivity contribution is 5.99. The van der Waals surface area contributed by atoms with Crippen molar-refractivity contribution in [3.63, 3.8) is 0 Å². The van der Waals surface area contributed by atoms with Crippen LogP contribution >= 0.6 is 0 Å². The van der Waals surface area contributed by atoms with E-state index in [1.807, 2.05) is 0 Å². The fourth-order valence-electron chi connectivity index (χ4n) is 1.44. The van der Waals surface area contributed by atoms with Crippen LogP contribution in [0.25, 0.3) is 11.3 Å². The molecular formula is C12H8N2O4. The van der Waals surface area contributed by atoms with Crippen molar-refractivity contribution in [2.24, 2.45) is 0 Å². The molecule has 0 fully saturated rings. The first kappa shape index (κ1) is 11.7. The minimum atomic E-state index is -1.42. The third kappa shape index (κ3) is 2.17. The van der Waals surface area contributed by atoms with Crippen molar-refractivity contribution < 1.29 is 19.8 Å². The second-order valence-electron chi connectivity index (χ2n) is 3.43. The van der Waals surface area contributed by atoms with E-state index in [0.717, 1.165) is 0 Å². The molecule has 0 saturated heterocycles. The zero-order valence-corrected chi connectivity index (χ0v) is 9.07. The summed E-state index contributed by atoms with van der Waals surface area (Å²) in [5.41, 5.74) is -0.145. The first-order chi connectivity index (χ1) is 8.59. The van der Waals surface area contributed by atoms with E-state index in [1.54, 1.807) is 30.3 Å². The average Bonchev–Trinajstić information content (AvgIpc) is 2.39. The van der Waals surface area contributed by atoms with Gasteiger partial charge in [0, 0.05) is 5.56 Å². The number of hydrogen-bond acceptors (Lipinski definition) is 4. The molecule has 0 aliphatic heterocycles. The minimum absolute atomic E-state index is 0.318. The van der Waals surface area contributed by atoms with Crippen LogP contribution in [-0.4, -0.2) is 32.1 Å². The molecule has 2 aromatic rings. The SMILES string of the molecule is O=C(O)c1ncc(-c2ccccc2)nc1C(=O)O. The largest absolute Gasteiger partial charge is 0.476 e. The highest BCUT2D eigenvalue weighted by Crippen LogP contribution is 2.17. The number of aromatic nitrogens is 2. The second-order valence-corrected chi connectivity index (χ2v) is 3.43. The molecule has 0 amide bonds. The first-order valence-electron chi connectivity index (χ1n) is 4.98. The molecule has 0 radical (unpaired) electrons. The van der Waals surface area contributed by atoms with Crippen LogP contribution in [0, 0.1) is 0 Å². The normalized spacial score (nSPS) is 10.0. The van der Waals surface area contributed by atoms with Gasteiger partial charge in [0.15, 0.2) is 11.4 Å². The van der Waals surface area contributed by atoms with E-state index in [4.69, 9.17) is 10.2 Å². The third-order valence-electron chi connectivity index (χ3n) is 2.25. The van der Waals surface area contributed by atoms with Crippen molar-refractivity contribution in [2.75, 3.05) is 0 Å². The fourth-order valence-corrected chi connectivity index (χ4v) is 1.44. The number of aromatic carboxylic acids is 2. The van der Waals surface area contributed by atoms with E-state index in [2.05, 4.69) is 9.97 Å². The zero-order chi connectivity index (χ0) is 13.1. The summed E-state index contributed by atoms with van der Waals surface area (Å²) < 4.78 is 0. The van der Waals surface area contributed by atoms with Crippen molar-refractivity contribution in [3.8, 4) is 11.3 Å². The maximum Gasteiger partial charge on any atom is 0.357 e. The van der Waals surface area contributed by atoms with Crippen LogP contribution in [0.5, 0.6) is 0 Å². The van der Waals surface area contributed by atoms with Gasteiger partial charge in [-0.05, 0) is 0 Å². The molecule has 6 nitrogen and oxygen atoms in total. The van der Waals surface area contributed by atoms with Gasteiger partial charge >= 0.3 is 11.9 Å². The van der Waals surface area contributed by atoms with Crippen LogP contribution in [0.3, 0.4) is 0 Å². The maximum atomic E-state index is 10.9. The lowest BCUT2D eigenvalue weighted by Crippen LogP contribution is -2.13. The molecule has 0 spiro atoms. The summed E-state index contributed by atoms with van der Waals surface area (Å²) in [5.74, 6) is -2.84. The van der Waals surface area contributed by atoms with Gasteiger partial charge < -0.3 is 10.2 Å². The highest BCUT2D eigenvalue weighted by Gasteiger charge is 2.20. The van der Waals surface area contributed by atoms with Gasteiger partial charge in [0.2, 0.25) is 0 Å². The molecule has 90 valence electrons. The maximum absolute atomic E-state index is 10.9. The molecule has 2 rings (SSSR count). The summed E-state index contributed by atoms with van der Waals surface area (Å²) in [6.07, 6.45) is 1.24. The number of carboxylic acid groups (broad SMARTS) is 2. The van der Waals surface area contributed by atoms with Crippen LogP contribution in [-0.2, 0) is 0 Å². The Bertz CT molecular complexity index is 611. The second kappa shape index (κ2) is 4.62. The van der Waals surface area contributed by atoms with Gasteiger partial charge in [-0.15, -0.1) is 0 Å². The quantitative estimate of drug-likeness (QED) is 0.849. The minimum Gasteiger partial charge on any atom is -0.476 e. The van der Waals surface area contributed by atoms with Crippen LogP contribution in [0.2, 0.25) is 0 Å². The molecule has 0 unspecified atom stereocenters. The smallest absolute Gasteiger partial charge is 0.357 e. The monoisotopic (exact) mass is 244 g/mol. The Balaban J connectivity index is 2.57. The molecule has 6 heteroatoms. The van der Waals surface area contributed by atoms with Gasteiger partial charge in [-0.2, -0.15) is 0 Å². The molecule has 1 aromatic carbocycles. The Labute approximate surface area is 102 Å². The molecule has 1 aromatic heterocycles. The Hall–Kier alpha value is -2.76. The van der Waals surface area contributed by atoms with Crippen LogP contribution in [0.1, 0.15) is 21.0 Å². The predicted octanol–water partition coefficient (Wildman–Crippen LogP) is 1.54. The van der Waals surface area contributed by atoms with Crippen molar-refractivity contribution in [1.82, 2.24) is 9.97 Å². The number of hydrogen-bond donors (Lipinski definition) is 2. The zero-order valence-electron chi connectivity index (χ0n) is 9.07. The predicted molar refractivity (Wildman–Crippen MR) is 61.4 cm³/mol. The van der Waals surface area contributed by atoms with E-state index >= 15 is 0 Å². The lowest BCUT2D eigenvalue weighted by atomic mass is 10.1. The summed E-state index contributed by atoms with van der Waals surface area (Å²) >= 11 is 0. The number of rotatable bonds is 3. The van der Waals surface area contributed by atoms with E-state index in [9.17, 15) is 9.59 Å². The van der Waals surface area contributed by atoms with Gasteiger partial charge in [0.05, 0.1) is 11.9 Å². The molecule has 2 N–H and O–H groups in total. The summed E-state index contributed by atoms with van der Waals surface area (Å²) in [6, 6.07) is 8.80. The molecule has 0 aliphatic carbocycles. The fraction of sp³-hybridized carbons (Fsp3) is 0. The topological polar surface area (TPSA) is 100 Å². The van der Waals surface area contributed by atoms with E-state index < -0.39 is 23.3 Å². The number of benzene rings is 1. The summed E-state index contributed by atoms with van der Waals surface area (Å²) in [5, 5.41) is 17.7. The molecule has 1 heterocycles. The highest BCUT2D eigenvalue weighted by atomic mass is 16.4. The van der Waals surface area contributed by atoms with E-state index in [-0.39, 0.29) is 0 Å². The standard InChI is InChI=1S/C12H8N2O4/c15-11(16)9-10(12(17)18)14-8(6-13-9)7-4-2-1-3-5-7/h1-6H,(H,15,16)(H,17,18). The van der Waals surface area contributed by atoms with Crippen molar-refractivity contribution in [1.29, 1.82) is 0 Å². The molecule has 0 saturated carbocycles. The Morgan fingerprint density at radius 3 is 2.11 bits per heavy atom. The van der Waals surface area contributed by atoms with Gasteiger partial charge in [-0.1, -0.05) is 30.3 Å². The van der Waals surface area contributed by atoms with Gasteiger partial charge in [-0.3, -0.25) is 0 Å². The molecule has 18 heavy (non-hydrogen) atoms. The van der Waals surface area contributed by atoms with Crippen molar-refractivity contribution in [2.45, 2.75) is 0 Å². The van der Waals surface area contributed by atoms with Crippen LogP contribution in [0.15, 0.2) is 36.5 Å². The van der Waals surface area contributed by atoms with Crippen molar-refractivity contribution >= 4 is 11.9 Å². The third-order valence-corrected chi connectivity index (χ3v) is 2.25. The number of carbonyl (C=O) groups is 2. The van der Waals surface area contributed by atoms with Gasteiger partial charge in [0.25, 0.3) is 0 Å². The Morgan fingerprint density at radius 1 is 0.944 bits per heavy atom. The number of nitrogens with zero attached hydrogens (tertiary/aromatic N) is 2. The first-order valence-corrected chi connectivity index (χ1v) is 4.98. The van der Waals surface area contributed by atoms with Gasteiger partial charge in [-0.25, -0.2) is 19.6 Å². The summed E-state index contributed by atoms with van der Waals surface area (Å²) in [6.45, 7) is 0. The summed E-state index contributed by atoms with van der Waals surface area (Å²) in [7, 11) is 0. The summed E-state index contributed by atoms with van der Waals surface area (Å²) in [4.78, 5) is 29.2. The molecule has 0 bridgehead atoms. The van der Waals surface area contributed by atoms with E-state index in [1.165, 1.54) is 6.20 Å². The van der Waals surface area contributed by atoms with Gasteiger partial charge in [0.1, 0.15) is 0 Å². The molecule has 0 aliphatic rings. The average molecular weight is 244 g/mol. The Kier molecular flexibility index (Phi) is 3.01. The lowest BCUT2D eigenvalue weighted by Gasteiger charge is -2.04. The van der Waals surface area contributed by atoms with Crippen LogP contribution < -0.4 is 0 Å². The number of carboxylic acids is 2. The van der Waals surface area contributed by atoms with E-state index in [0.29, 0.717) is 11.3 Å². The van der Waals surface area contributed by atoms with Crippen molar-refractivity contribution in [3.05, 3.63) is 47.9 Å².